The Kier molecular flexibility index (Phi) is 8.90. The fourth-order valence-corrected chi connectivity index (χ4v) is 5.18. The molecule has 2 aliphatic rings. The predicted molar refractivity (Wildman–Crippen MR) is 134 cm³/mol. The van der Waals surface area contributed by atoms with Crippen molar-refractivity contribution in [1.82, 2.24) is 15.1 Å². The molecule has 2 aliphatic heterocycles. The summed E-state index contributed by atoms with van der Waals surface area (Å²) >= 11 is 12.0. The first kappa shape index (κ1) is 24.3. The molecule has 4 rings (SSSR count). The molecule has 5 nitrogen and oxygen atoms in total. The van der Waals surface area contributed by atoms with E-state index in [2.05, 4.69) is 39.4 Å². The van der Waals surface area contributed by atoms with Crippen LogP contribution in [0.25, 0.3) is 0 Å². The number of nitrogens with zero attached hydrogens (tertiary/aromatic N) is 2. The Morgan fingerprint density at radius 3 is 2.42 bits per heavy atom. The molecule has 7 heteroatoms. The third-order valence-electron chi connectivity index (χ3n) is 6.40. The number of nitrogens with one attached hydrogen (secondary N) is 1. The number of amides is 1. The van der Waals surface area contributed by atoms with Gasteiger partial charge in [-0.3, -0.25) is 9.69 Å². The van der Waals surface area contributed by atoms with Crippen LogP contribution in [0.3, 0.4) is 0 Å². The molecule has 2 fully saturated rings. The van der Waals surface area contributed by atoms with Gasteiger partial charge >= 0.3 is 0 Å². The van der Waals surface area contributed by atoms with Crippen molar-refractivity contribution in [2.75, 3.05) is 39.3 Å². The second-order valence-corrected chi connectivity index (χ2v) is 9.97. The Balaban J connectivity index is 1.17. The largest absolute Gasteiger partial charge is 0.494 e. The summed E-state index contributed by atoms with van der Waals surface area (Å²) in [6.45, 7) is 7.03. The number of likely N-dealkylation sites (tertiary alicyclic amines) is 2. The van der Waals surface area contributed by atoms with Crippen LogP contribution >= 0.6 is 23.2 Å². The molecule has 1 N–H and O–H groups in total. The topological polar surface area (TPSA) is 44.8 Å². The van der Waals surface area contributed by atoms with E-state index < -0.39 is 0 Å². The van der Waals surface area contributed by atoms with Crippen LogP contribution in [-0.4, -0.2) is 61.1 Å². The molecule has 2 aromatic rings. The lowest BCUT2D eigenvalue weighted by Gasteiger charge is -2.26. The number of ether oxygens (including phenoxy) is 1. The predicted octanol–water partition coefficient (Wildman–Crippen LogP) is 5.25. The summed E-state index contributed by atoms with van der Waals surface area (Å²) in [4.78, 5) is 17.5. The molecule has 0 spiro atoms. The van der Waals surface area contributed by atoms with Crippen molar-refractivity contribution in [3.8, 4) is 5.75 Å². The lowest BCUT2D eigenvalue weighted by molar-refractivity contribution is 0.0937. The van der Waals surface area contributed by atoms with Crippen molar-refractivity contribution in [2.45, 2.75) is 44.7 Å². The van der Waals surface area contributed by atoms with Crippen LogP contribution < -0.4 is 10.1 Å². The minimum absolute atomic E-state index is 0.123. The summed E-state index contributed by atoms with van der Waals surface area (Å²) < 4.78 is 5.94. The summed E-state index contributed by atoms with van der Waals surface area (Å²) in [7, 11) is 0. The summed E-state index contributed by atoms with van der Waals surface area (Å²) in [5.74, 6) is 0.803. The smallest absolute Gasteiger partial charge is 0.251 e. The van der Waals surface area contributed by atoms with Gasteiger partial charge in [0.1, 0.15) is 5.75 Å². The maximum absolute atomic E-state index is 12.5. The number of rotatable bonds is 9. The van der Waals surface area contributed by atoms with E-state index in [0.717, 1.165) is 51.4 Å². The minimum Gasteiger partial charge on any atom is -0.494 e. The number of benzene rings is 2. The quantitative estimate of drug-likeness (QED) is 0.488. The molecule has 0 aromatic heterocycles. The van der Waals surface area contributed by atoms with Gasteiger partial charge in [-0.05, 0) is 74.7 Å². The average Bonchev–Trinajstić information content (AvgIpc) is 3.24. The summed E-state index contributed by atoms with van der Waals surface area (Å²) in [5, 5.41) is 4.04. The van der Waals surface area contributed by atoms with Gasteiger partial charge in [0, 0.05) is 47.8 Å². The summed E-state index contributed by atoms with van der Waals surface area (Å²) in [6, 6.07) is 13.4. The highest BCUT2D eigenvalue weighted by Crippen LogP contribution is 2.21. The number of piperidine rings is 1. The van der Waals surface area contributed by atoms with E-state index in [0.29, 0.717) is 15.6 Å². The monoisotopic (exact) mass is 489 g/mol. The molecule has 2 heterocycles. The molecule has 1 amide bonds. The molecule has 33 heavy (non-hydrogen) atoms. The number of hydrogen-bond donors (Lipinski definition) is 1. The maximum Gasteiger partial charge on any atom is 0.251 e. The Labute approximate surface area is 207 Å². The Morgan fingerprint density at radius 2 is 1.70 bits per heavy atom. The summed E-state index contributed by atoms with van der Waals surface area (Å²) in [6.07, 6.45) is 6.05. The fraction of sp³-hybridized carbons (Fsp3) is 0.500. The zero-order valence-corrected chi connectivity index (χ0v) is 20.6. The van der Waals surface area contributed by atoms with Crippen molar-refractivity contribution in [1.29, 1.82) is 0 Å². The van der Waals surface area contributed by atoms with Crippen molar-refractivity contribution in [3.63, 3.8) is 0 Å². The van der Waals surface area contributed by atoms with Crippen molar-refractivity contribution in [3.05, 3.63) is 63.6 Å². The van der Waals surface area contributed by atoms with Gasteiger partial charge in [-0.25, -0.2) is 0 Å². The van der Waals surface area contributed by atoms with Gasteiger partial charge in [-0.1, -0.05) is 41.8 Å². The minimum atomic E-state index is -0.131. The number of carbonyl (C=O) groups excluding carboxylic acids is 1. The van der Waals surface area contributed by atoms with Crippen molar-refractivity contribution >= 4 is 29.1 Å². The van der Waals surface area contributed by atoms with Gasteiger partial charge in [0.15, 0.2) is 0 Å². The van der Waals surface area contributed by atoms with Crippen LogP contribution in [0.2, 0.25) is 10.0 Å². The molecule has 0 saturated carbocycles. The first-order valence-electron chi connectivity index (χ1n) is 12.0. The zero-order chi connectivity index (χ0) is 23.0. The van der Waals surface area contributed by atoms with Crippen LogP contribution in [0.1, 0.15) is 48.0 Å². The SMILES string of the molecule is O=C(N[C@H]1CCN(Cc2ccc(OCCCN3CCCCC3)cc2)C1)c1cc(Cl)cc(Cl)c1. The van der Waals surface area contributed by atoms with E-state index in [-0.39, 0.29) is 11.9 Å². The highest BCUT2D eigenvalue weighted by molar-refractivity contribution is 6.35. The lowest BCUT2D eigenvalue weighted by atomic mass is 10.1. The number of halogens is 2. The van der Waals surface area contributed by atoms with Gasteiger partial charge < -0.3 is 15.0 Å². The Morgan fingerprint density at radius 1 is 0.970 bits per heavy atom. The van der Waals surface area contributed by atoms with Gasteiger partial charge in [0.05, 0.1) is 6.61 Å². The van der Waals surface area contributed by atoms with E-state index in [9.17, 15) is 4.79 Å². The Hall–Kier alpha value is -1.79. The molecular weight excluding hydrogens is 457 g/mol. The molecule has 0 aliphatic carbocycles. The van der Waals surface area contributed by atoms with Gasteiger partial charge in [-0.2, -0.15) is 0 Å². The number of hydrogen-bond acceptors (Lipinski definition) is 4. The third kappa shape index (κ3) is 7.61. The number of carbonyl (C=O) groups is 1. The van der Waals surface area contributed by atoms with E-state index >= 15 is 0 Å². The Bertz CT molecular complexity index is 896. The third-order valence-corrected chi connectivity index (χ3v) is 6.83. The second kappa shape index (κ2) is 12.1. The second-order valence-electron chi connectivity index (χ2n) is 9.10. The van der Waals surface area contributed by atoms with E-state index in [1.54, 1.807) is 18.2 Å². The average molecular weight is 490 g/mol. The van der Waals surface area contributed by atoms with Crippen LogP contribution in [0.15, 0.2) is 42.5 Å². The van der Waals surface area contributed by atoms with E-state index in [4.69, 9.17) is 27.9 Å². The van der Waals surface area contributed by atoms with E-state index in [1.807, 2.05) is 0 Å². The molecule has 0 bridgehead atoms. The molecule has 2 saturated heterocycles. The molecule has 2 aromatic carbocycles. The van der Waals surface area contributed by atoms with Crippen LogP contribution in [0.4, 0.5) is 0 Å². The van der Waals surface area contributed by atoms with Crippen molar-refractivity contribution in [2.24, 2.45) is 0 Å². The highest BCUT2D eigenvalue weighted by atomic mass is 35.5. The van der Waals surface area contributed by atoms with Gasteiger partial charge in [0.2, 0.25) is 0 Å². The van der Waals surface area contributed by atoms with E-state index in [1.165, 1.54) is 37.9 Å². The molecule has 0 unspecified atom stereocenters. The zero-order valence-electron chi connectivity index (χ0n) is 19.1. The van der Waals surface area contributed by atoms with Crippen molar-refractivity contribution < 1.29 is 9.53 Å². The standard InChI is InChI=1S/C26H33Cl2N3O2/c27-22-15-21(16-23(28)17-22)26(32)29-24-9-13-31(19-24)18-20-5-7-25(8-6-20)33-14-4-12-30-10-2-1-3-11-30/h5-8,15-17,24H,1-4,9-14,18-19H2,(H,29,32)/t24-/m0/s1. The summed E-state index contributed by atoms with van der Waals surface area (Å²) in [5.41, 5.74) is 1.75. The first-order chi connectivity index (χ1) is 16.0. The van der Waals surface area contributed by atoms with Crippen LogP contribution in [-0.2, 0) is 6.54 Å². The van der Waals surface area contributed by atoms with Crippen LogP contribution in [0, 0.1) is 0 Å². The normalized spacial score (nSPS) is 19.5. The van der Waals surface area contributed by atoms with Gasteiger partial charge in [-0.15, -0.1) is 0 Å². The lowest BCUT2D eigenvalue weighted by Crippen LogP contribution is -2.37. The molecule has 178 valence electrons. The molecular formula is C26H33Cl2N3O2. The maximum atomic E-state index is 12.5. The molecule has 0 radical (unpaired) electrons. The van der Waals surface area contributed by atoms with Gasteiger partial charge in [0.25, 0.3) is 5.91 Å². The molecule has 1 atom stereocenters. The fourth-order valence-electron chi connectivity index (χ4n) is 4.66. The van der Waals surface area contributed by atoms with Crippen LogP contribution in [0.5, 0.6) is 5.75 Å². The highest BCUT2D eigenvalue weighted by Gasteiger charge is 2.24. The first-order valence-corrected chi connectivity index (χ1v) is 12.7.